The van der Waals surface area contributed by atoms with E-state index in [4.69, 9.17) is 4.79 Å². The lowest BCUT2D eigenvalue weighted by Crippen LogP contribution is -1.82. The molecule has 3 nitrogen and oxygen atoms in total. The molecule has 0 aliphatic carbocycles. The van der Waals surface area contributed by atoms with Crippen LogP contribution in [0.15, 0.2) is 33.6 Å². The number of nitrogens with zero attached hydrogens (tertiary/aromatic N) is 1. The average Bonchev–Trinajstić information content (AvgIpc) is 2.53. The molecule has 62 valence electrons. The van der Waals surface area contributed by atoms with E-state index in [2.05, 4.69) is 4.40 Å². The summed E-state index contributed by atoms with van der Waals surface area (Å²) in [5.41, 5.74) is 0.973. The fraction of sp³-hybridized carbons (Fsp3) is 0. The van der Waals surface area contributed by atoms with Crippen LogP contribution in [0.1, 0.15) is 5.56 Å². The molecule has 0 saturated heterocycles. The molecule has 1 aliphatic rings. The minimum absolute atomic E-state index is 0.822. The Morgan fingerprint density at radius 3 is 2.58 bits per heavy atom. The number of carbonyl (C=O) groups excluding carboxylic acids is 1. The maximum Gasteiger partial charge on any atom is 0.173 e. The minimum atomic E-state index is -1.13. The van der Waals surface area contributed by atoms with E-state index >= 15 is 0 Å². The summed E-state index contributed by atoms with van der Waals surface area (Å²) in [6.45, 7) is 2.00. The van der Waals surface area contributed by atoms with E-state index in [1.807, 2.05) is 31.1 Å². The van der Waals surface area contributed by atoms with Gasteiger partial charge >= 0.3 is 0 Å². The van der Waals surface area contributed by atoms with Crippen LogP contribution in [0.3, 0.4) is 0 Å². The summed E-state index contributed by atoms with van der Waals surface area (Å²) in [4.78, 5) is 8.82. The highest BCUT2D eigenvalue weighted by Gasteiger charge is 2.11. The zero-order valence-electron chi connectivity index (χ0n) is 6.27. The molecular formula is C8H7NO2S. The van der Waals surface area contributed by atoms with Crippen molar-refractivity contribution in [2.45, 2.75) is 4.90 Å². The summed E-state index contributed by atoms with van der Waals surface area (Å²) in [5, 5.41) is 0. The third-order valence-electron chi connectivity index (χ3n) is 1.39. The Labute approximate surface area is 72.7 Å². The first-order valence-electron chi connectivity index (χ1n) is 3.22. The molecule has 12 heavy (non-hydrogen) atoms. The summed E-state index contributed by atoms with van der Waals surface area (Å²) in [7, 11) is -1.13. The van der Waals surface area contributed by atoms with Crippen LogP contribution >= 0.6 is 0 Å². The van der Waals surface area contributed by atoms with Crippen molar-refractivity contribution in [3.63, 3.8) is 0 Å². The van der Waals surface area contributed by atoms with Gasteiger partial charge in [0.05, 0.1) is 4.90 Å². The Bertz CT molecular complexity index is 336. The number of benzene rings is 1. The highest BCUT2D eigenvalue weighted by atomic mass is 32.2. The van der Waals surface area contributed by atoms with Crippen molar-refractivity contribution in [2.75, 3.05) is 0 Å². The first kappa shape index (κ1) is 8.80. The molecule has 0 radical (unpaired) electrons. The second-order valence-electron chi connectivity index (χ2n) is 2.02. The van der Waals surface area contributed by atoms with E-state index in [-0.39, 0.29) is 0 Å². The van der Waals surface area contributed by atoms with Crippen molar-refractivity contribution in [3.05, 3.63) is 29.8 Å². The Morgan fingerprint density at radius 1 is 1.25 bits per heavy atom. The predicted molar refractivity (Wildman–Crippen MR) is 47.6 cm³/mol. The summed E-state index contributed by atoms with van der Waals surface area (Å²) < 4.78 is 14.7. The van der Waals surface area contributed by atoms with Gasteiger partial charge in [0.1, 0.15) is 6.79 Å². The van der Waals surface area contributed by atoms with Gasteiger partial charge in [0.15, 0.2) is 11.0 Å². The Hall–Kier alpha value is -1.29. The lowest BCUT2D eigenvalue weighted by molar-refractivity contribution is -0.0979. The summed E-state index contributed by atoms with van der Waals surface area (Å²) >= 11 is 0. The van der Waals surface area contributed by atoms with Gasteiger partial charge in [-0.1, -0.05) is 18.2 Å². The fourth-order valence-electron chi connectivity index (χ4n) is 0.908. The van der Waals surface area contributed by atoms with Crippen molar-refractivity contribution in [2.24, 2.45) is 4.40 Å². The summed E-state index contributed by atoms with van der Waals surface area (Å²) in [5.74, 6) is 0. The van der Waals surface area contributed by atoms with Crippen LogP contribution in [-0.4, -0.2) is 17.2 Å². The van der Waals surface area contributed by atoms with Gasteiger partial charge in [-0.25, -0.2) is 4.21 Å². The maximum atomic E-state index is 11.0. The molecule has 0 saturated carbocycles. The van der Waals surface area contributed by atoms with Crippen molar-refractivity contribution in [3.8, 4) is 0 Å². The van der Waals surface area contributed by atoms with E-state index in [0.29, 0.717) is 0 Å². The van der Waals surface area contributed by atoms with E-state index in [1.54, 1.807) is 6.21 Å². The number of hydrogen-bond donors (Lipinski definition) is 0. The number of rotatable bonds is 0. The molecule has 0 spiro atoms. The molecule has 2 rings (SSSR count). The maximum absolute atomic E-state index is 11.0. The Kier molecular flexibility index (Phi) is 2.88. The molecular weight excluding hydrogens is 174 g/mol. The quantitative estimate of drug-likeness (QED) is 0.598. The van der Waals surface area contributed by atoms with Crippen LogP contribution in [0.5, 0.6) is 0 Å². The predicted octanol–water partition coefficient (Wildman–Crippen LogP) is 0.957. The second-order valence-corrected chi connectivity index (χ2v) is 3.17. The Morgan fingerprint density at radius 2 is 1.92 bits per heavy atom. The van der Waals surface area contributed by atoms with Gasteiger partial charge in [-0.05, 0) is 6.07 Å². The molecule has 1 aliphatic heterocycles. The minimum Gasteiger partial charge on any atom is -0.307 e. The van der Waals surface area contributed by atoms with E-state index in [0.717, 1.165) is 10.5 Å². The zero-order valence-corrected chi connectivity index (χ0v) is 7.08. The normalized spacial score (nSPS) is 17.8. The zero-order chi connectivity index (χ0) is 8.97. The molecule has 0 fully saturated rings. The monoisotopic (exact) mass is 181 g/mol. The highest BCUT2D eigenvalue weighted by molar-refractivity contribution is 7.84. The molecule has 0 amide bonds. The largest absolute Gasteiger partial charge is 0.307 e. The van der Waals surface area contributed by atoms with E-state index in [9.17, 15) is 4.21 Å². The topological polar surface area (TPSA) is 46.5 Å². The van der Waals surface area contributed by atoms with E-state index < -0.39 is 11.0 Å². The van der Waals surface area contributed by atoms with Gasteiger partial charge in [0.2, 0.25) is 0 Å². The highest BCUT2D eigenvalue weighted by Crippen LogP contribution is 2.17. The van der Waals surface area contributed by atoms with Crippen LogP contribution in [0.4, 0.5) is 0 Å². The van der Waals surface area contributed by atoms with Crippen LogP contribution in [0, 0.1) is 0 Å². The van der Waals surface area contributed by atoms with Gasteiger partial charge in [-0.15, -0.1) is 0 Å². The lowest BCUT2D eigenvalue weighted by atomic mass is 10.2. The first-order valence-corrected chi connectivity index (χ1v) is 4.32. The molecule has 0 bridgehead atoms. The van der Waals surface area contributed by atoms with Crippen molar-refractivity contribution in [1.82, 2.24) is 0 Å². The van der Waals surface area contributed by atoms with Crippen molar-refractivity contribution >= 4 is 24.0 Å². The second kappa shape index (κ2) is 3.92. The molecule has 0 aromatic heterocycles. The smallest absolute Gasteiger partial charge is 0.173 e. The molecule has 1 unspecified atom stereocenters. The van der Waals surface area contributed by atoms with Crippen LogP contribution in [-0.2, 0) is 15.8 Å². The Balaban J connectivity index is 0.000000336. The molecule has 0 N–H and O–H groups in total. The van der Waals surface area contributed by atoms with Gasteiger partial charge in [0, 0.05) is 11.8 Å². The molecule has 1 aromatic carbocycles. The SMILES string of the molecule is C=O.O=S1N=Cc2ccccc21. The lowest BCUT2D eigenvalue weighted by Gasteiger charge is -1.90. The number of hydrogen-bond acceptors (Lipinski definition) is 2. The van der Waals surface area contributed by atoms with Gasteiger partial charge in [0.25, 0.3) is 0 Å². The summed E-state index contributed by atoms with van der Waals surface area (Å²) in [6, 6.07) is 7.51. The standard InChI is InChI=1S/C7H5NOS.CH2O/c9-10-7-4-2-1-3-6(7)5-8-10;1-2/h1-5H;1H2. The average molecular weight is 181 g/mol. The van der Waals surface area contributed by atoms with Crippen molar-refractivity contribution < 1.29 is 9.00 Å². The molecule has 1 heterocycles. The molecule has 4 heteroatoms. The van der Waals surface area contributed by atoms with Crippen LogP contribution < -0.4 is 0 Å². The van der Waals surface area contributed by atoms with Gasteiger partial charge < -0.3 is 4.79 Å². The van der Waals surface area contributed by atoms with Crippen LogP contribution in [0.25, 0.3) is 0 Å². The number of fused-ring (bicyclic) bond motifs is 1. The molecule has 1 aromatic rings. The third-order valence-corrected chi connectivity index (χ3v) is 2.44. The summed E-state index contributed by atoms with van der Waals surface area (Å²) in [6.07, 6.45) is 1.64. The molecule has 1 atom stereocenters. The van der Waals surface area contributed by atoms with Crippen molar-refractivity contribution in [1.29, 1.82) is 0 Å². The van der Waals surface area contributed by atoms with E-state index in [1.165, 1.54) is 0 Å². The fourth-order valence-corrected chi connectivity index (χ4v) is 1.75. The van der Waals surface area contributed by atoms with Gasteiger partial charge in [-0.3, -0.25) is 0 Å². The number of carbonyl (C=O) groups is 1. The third kappa shape index (κ3) is 1.48. The van der Waals surface area contributed by atoms with Crippen LogP contribution in [0.2, 0.25) is 0 Å². The van der Waals surface area contributed by atoms with Gasteiger partial charge in [-0.2, -0.15) is 4.40 Å². The first-order chi connectivity index (χ1) is 5.88.